The Bertz CT molecular complexity index is 709. The second-order valence-electron chi connectivity index (χ2n) is 9.00. The summed E-state index contributed by atoms with van der Waals surface area (Å²) in [4.78, 5) is 29.2. The van der Waals surface area contributed by atoms with Crippen LogP contribution in [0.5, 0.6) is 0 Å². The highest BCUT2D eigenvalue weighted by Gasteiger charge is 2.31. The zero-order chi connectivity index (χ0) is 20.2. The number of hydrogen-bond acceptors (Lipinski definition) is 4. The van der Waals surface area contributed by atoms with Gasteiger partial charge in [-0.2, -0.15) is 0 Å². The van der Waals surface area contributed by atoms with Gasteiger partial charge in [0.1, 0.15) is 6.61 Å². The second-order valence-corrected chi connectivity index (χ2v) is 9.00. The third kappa shape index (κ3) is 5.80. The van der Waals surface area contributed by atoms with Crippen molar-refractivity contribution in [1.82, 2.24) is 15.1 Å². The minimum Gasteiger partial charge on any atom is -0.365 e. The van der Waals surface area contributed by atoms with Gasteiger partial charge in [0.25, 0.3) is 5.91 Å². The third-order valence-electron chi connectivity index (χ3n) is 6.42. The highest BCUT2D eigenvalue weighted by molar-refractivity contribution is 5.94. The highest BCUT2D eigenvalue weighted by atomic mass is 16.5. The quantitative estimate of drug-likeness (QED) is 0.763. The van der Waals surface area contributed by atoms with Crippen LogP contribution in [0, 0.1) is 18.8 Å². The molecule has 2 amide bonds. The summed E-state index contributed by atoms with van der Waals surface area (Å²) in [6.07, 6.45) is 5.02. The summed E-state index contributed by atoms with van der Waals surface area (Å²) < 4.78 is 5.67. The molecule has 29 heavy (non-hydrogen) atoms. The van der Waals surface area contributed by atoms with E-state index in [-0.39, 0.29) is 24.5 Å². The van der Waals surface area contributed by atoms with E-state index >= 15 is 0 Å². The van der Waals surface area contributed by atoms with Crippen LogP contribution in [0.25, 0.3) is 0 Å². The number of carbonyl (C=O) groups is 2. The maximum atomic E-state index is 12.3. The molecule has 0 unspecified atom stereocenters. The lowest BCUT2D eigenvalue weighted by Crippen LogP contribution is -2.52. The van der Waals surface area contributed by atoms with Crippen LogP contribution in [-0.4, -0.2) is 73.6 Å². The molecular formula is C23H33N3O3. The SMILES string of the molecule is Cc1ccc(C(=O)NC[C@@H]2CN(CC3CCN(CC4CC4)CC3)C(=O)CO2)cc1. The van der Waals surface area contributed by atoms with E-state index in [1.54, 1.807) is 0 Å². The number of nitrogens with zero attached hydrogens (tertiary/aromatic N) is 2. The average Bonchev–Trinajstić information content (AvgIpc) is 3.54. The first-order valence-corrected chi connectivity index (χ1v) is 11.0. The van der Waals surface area contributed by atoms with E-state index in [9.17, 15) is 9.59 Å². The minimum atomic E-state index is -0.142. The van der Waals surface area contributed by atoms with Crippen molar-refractivity contribution in [3.05, 3.63) is 35.4 Å². The molecular weight excluding hydrogens is 366 g/mol. The van der Waals surface area contributed by atoms with Crippen molar-refractivity contribution >= 4 is 11.8 Å². The van der Waals surface area contributed by atoms with Gasteiger partial charge in [-0.05, 0) is 69.7 Å². The van der Waals surface area contributed by atoms with Gasteiger partial charge in [0.2, 0.25) is 5.91 Å². The predicted octanol–water partition coefficient (Wildman–Crippen LogP) is 2.07. The first-order chi connectivity index (χ1) is 14.1. The van der Waals surface area contributed by atoms with Gasteiger partial charge in [0, 0.05) is 31.7 Å². The molecule has 2 saturated heterocycles. The van der Waals surface area contributed by atoms with Crippen molar-refractivity contribution in [3.8, 4) is 0 Å². The molecule has 3 aliphatic rings. The number of piperidine rings is 1. The van der Waals surface area contributed by atoms with Crippen molar-refractivity contribution < 1.29 is 14.3 Å². The molecule has 0 aromatic heterocycles. The fourth-order valence-corrected chi connectivity index (χ4v) is 4.32. The minimum absolute atomic E-state index is 0.0755. The maximum Gasteiger partial charge on any atom is 0.251 e. The summed E-state index contributed by atoms with van der Waals surface area (Å²) in [5.74, 6) is 1.50. The zero-order valence-electron chi connectivity index (χ0n) is 17.4. The lowest BCUT2D eigenvalue weighted by Gasteiger charge is -2.38. The van der Waals surface area contributed by atoms with E-state index in [1.165, 1.54) is 32.2 Å². The Morgan fingerprint density at radius 1 is 1.07 bits per heavy atom. The van der Waals surface area contributed by atoms with Gasteiger partial charge in [-0.15, -0.1) is 0 Å². The number of likely N-dealkylation sites (tertiary alicyclic amines) is 1. The molecule has 1 saturated carbocycles. The van der Waals surface area contributed by atoms with Gasteiger partial charge in [-0.25, -0.2) is 0 Å². The summed E-state index contributed by atoms with van der Waals surface area (Å²) in [7, 11) is 0. The number of morpholine rings is 1. The lowest BCUT2D eigenvalue weighted by molar-refractivity contribution is -0.149. The van der Waals surface area contributed by atoms with E-state index in [2.05, 4.69) is 10.2 Å². The van der Waals surface area contributed by atoms with Gasteiger partial charge in [-0.3, -0.25) is 9.59 Å². The molecule has 2 aliphatic heterocycles. The fourth-order valence-electron chi connectivity index (χ4n) is 4.32. The summed E-state index contributed by atoms with van der Waals surface area (Å²) >= 11 is 0. The molecule has 4 rings (SSSR count). The van der Waals surface area contributed by atoms with Gasteiger partial charge >= 0.3 is 0 Å². The van der Waals surface area contributed by atoms with E-state index < -0.39 is 0 Å². The van der Waals surface area contributed by atoms with E-state index in [1.807, 2.05) is 36.1 Å². The summed E-state index contributed by atoms with van der Waals surface area (Å²) in [5, 5.41) is 2.95. The Morgan fingerprint density at radius 2 is 1.76 bits per heavy atom. The van der Waals surface area contributed by atoms with E-state index in [0.717, 1.165) is 31.1 Å². The number of benzene rings is 1. The number of carbonyl (C=O) groups excluding carboxylic acids is 2. The van der Waals surface area contributed by atoms with Crippen LogP contribution in [-0.2, 0) is 9.53 Å². The molecule has 1 aliphatic carbocycles. The predicted molar refractivity (Wildman–Crippen MR) is 112 cm³/mol. The second kappa shape index (κ2) is 9.26. The van der Waals surface area contributed by atoms with Crippen molar-refractivity contribution in [1.29, 1.82) is 0 Å². The standard InChI is InChI=1S/C23H33N3O3/c1-17-2-6-20(7-3-17)23(28)24-12-21-15-26(22(27)16-29-21)14-19-8-10-25(11-9-19)13-18-4-5-18/h2-3,6-7,18-19,21H,4-5,8-16H2,1H3,(H,24,28)/t21-/m1/s1. The van der Waals surface area contributed by atoms with Gasteiger partial charge in [0.05, 0.1) is 6.10 Å². The molecule has 1 aromatic rings. The average molecular weight is 400 g/mol. The van der Waals surface area contributed by atoms with Crippen molar-refractivity contribution in [2.75, 3.05) is 45.9 Å². The Labute approximate surface area is 173 Å². The van der Waals surface area contributed by atoms with Crippen molar-refractivity contribution in [3.63, 3.8) is 0 Å². The Kier molecular flexibility index (Phi) is 6.50. The van der Waals surface area contributed by atoms with Crippen LogP contribution < -0.4 is 5.32 Å². The molecule has 3 fully saturated rings. The van der Waals surface area contributed by atoms with Gasteiger partial charge < -0.3 is 19.9 Å². The normalized spacial score (nSPS) is 24.0. The van der Waals surface area contributed by atoms with Gasteiger partial charge in [-0.1, -0.05) is 17.7 Å². The van der Waals surface area contributed by atoms with Crippen LogP contribution in [0.2, 0.25) is 0 Å². The number of hydrogen-bond donors (Lipinski definition) is 1. The number of amides is 2. The van der Waals surface area contributed by atoms with Crippen LogP contribution in [0.15, 0.2) is 24.3 Å². The third-order valence-corrected chi connectivity index (χ3v) is 6.42. The summed E-state index contributed by atoms with van der Waals surface area (Å²) in [5.41, 5.74) is 1.78. The van der Waals surface area contributed by atoms with Crippen LogP contribution >= 0.6 is 0 Å². The van der Waals surface area contributed by atoms with Gasteiger partial charge in [0.15, 0.2) is 0 Å². The fraction of sp³-hybridized carbons (Fsp3) is 0.652. The zero-order valence-corrected chi connectivity index (χ0v) is 17.4. The monoisotopic (exact) mass is 399 g/mol. The Balaban J connectivity index is 1.21. The molecule has 1 atom stereocenters. The molecule has 6 nitrogen and oxygen atoms in total. The lowest BCUT2D eigenvalue weighted by atomic mass is 9.95. The smallest absolute Gasteiger partial charge is 0.251 e. The largest absolute Gasteiger partial charge is 0.365 e. The number of aryl methyl sites for hydroxylation is 1. The highest BCUT2D eigenvalue weighted by Crippen LogP contribution is 2.31. The van der Waals surface area contributed by atoms with Crippen LogP contribution in [0.1, 0.15) is 41.6 Å². The molecule has 1 aromatic carbocycles. The van der Waals surface area contributed by atoms with Crippen molar-refractivity contribution in [2.24, 2.45) is 11.8 Å². The van der Waals surface area contributed by atoms with Crippen molar-refractivity contribution in [2.45, 2.75) is 38.7 Å². The summed E-state index contributed by atoms with van der Waals surface area (Å²) in [6.45, 7) is 7.52. The van der Waals surface area contributed by atoms with Crippen LogP contribution in [0.4, 0.5) is 0 Å². The Hall–Kier alpha value is -1.92. The molecule has 6 heteroatoms. The maximum absolute atomic E-state index is 12.3. The molecule has 1 N–H and O–H groups in total. The molecule has 0 bridgehead atoms. The number of nitrogens with one attached hydrogen (secondary N) is 1. The molecule has 158 valence electrons. The molecule has 0 radical (unpaired) electrons. The topological polar surface area (TPSA) is 61.9 Å². The van der Waals surface area contributed by atoms with E-state index in [4.69, 9.17) is 4.74 Å². The number of ether oxygens (including phenoxy) is 1. The van der Waals surface area contributed by atoms with E-state index in [0.29, 0.717) is 24.6 Å². The Morgan fingerprint density at radius 3 is 2.45 bits per heavy atom. The molecule has 0 spiro atoms. The number of rotatable bonds is 7. The van der Waals surface area contributed by atoms with Crippen LogP contribution in [0.3, 0.4) is 0 Å². The summed E-state index contributed by atoms with van der Waals surface area (Å²) in [6, 6.07) is 7.53. The first kappa shape index (κ1) is 20.4. The first-order valence-electron chi connectivity index (χ1n) is 11.0. The molecule has 2 heterocycles.